The highest BCUT2D eigenvalue weighted by Gasteiger charge is 2.21. The summed E-state index contributed by atoms with van der Waals surface area (Å²) in [7, 11) is 0. The predicted molar refractivity (Wildman–Crippen MR) is 77.1 cm³/mol. The van der Waals surface area contributed by atoms with Crippen molar-refractivity contribution in [2.45, 2.75) is 19.4 Å². The SMILES string of the molecule is Cc1cc(C(=O)N[C@H](CCO)C(=O)O)c2ccccc2n1. The van der Waals surface area contributed by atoms with Gasteiger partial charge in [-0.25, -0.2) is 4.79 Å². The van der Waals surface area contributed by atoms with Crippen LogP contribution in [0.15, 0.2) is 30.3 Å². The van der Waals surface area contributed by atoms with E-state index < -0.39 is 17.9 Å². The molecule has 1 heterocycles. The van der Waals surface area contributed by atoms with Crippen molar-refractivity contribution >= 4 is 22.8 Å². The smallest absolute Gasteiger partial charge is 0.326 e. The number of pyridine rings is 1. The van der Waals surface area contributed by atoms with Crippen LogP contribution in [0.2, 0.25) is 0 Å². The number of carbonyl (C=O) groups is 2. The van der Waals surface area contributed by atoms with Crippen LogP contribution in [0.1, 0.15) is 22.5 Å². The van der Waals surface area contributed by atoms with Gasteiger partial charge in [-0.05, 0) is 19.1 Å². The number of fused-ring (bicyclic) bond motifs is 1. The van der Waals surface area contributed by atoms with E-state index in [-0.39, 0.29) is 13.0 Å². The Hall–Kier alpha value is -2.47. The topological polar surface area (TPSA) is 99.5 Å². The molecule has 0 fully saturated rings. The summed E-state index contributed by atoms with van der Waals surface area (Å²) < 4.78 is 0. The van der Waals surface area contributed by atoms with Crippen LogP contribution in [0.5, 0.6) is 0 Å². The van der Waals surface area contributed by atoms with Crippen LogP contribution in [0.25, 0.3) is 10.9 Å². The summed E-state index contributed by atoms with van der Waals surface area (Å²) in [5.74, 6) is -1.66. The highest BCUT2D eigenvalue weighted by atomic mass is 16.4. The van der Waals surface area contributed by atoms with Gasteiger partial charge in [-0.1, -0.05) is 18.2 Å². The number of carboxylic acids is 1. The van der Waals surface area contributed by atoms with Gasteiger partial charge in [0.25, 0.3) is 5.91 Å². The Balaban J connectivity index is 2.37. The van der Waals surface area contributed by atoms with Crippen molar-refractivity contribution in [3.63, 3.8) is 0 Å². The highest BCUT2D eigenvalue weighted by molar-refractivity contribution is 6.07. The number of nitrogens with one attached hydrogen (secondary N) is 1. The number of aromatic nitrogens is 1. The second kappa shape index (κ2) is 6.32. The summed E-state index contributed by atoms with van der Waals surface area (Å²) in [6.07, 6.45) is -0.0386. The molecule has 0 spiro atoms. The molecule has 2 aromatic rings. The van der Waals surface area contributed by atoms with Crippen LogP contribution in [-0.4, -0.2) is 39.7 Å². The van der Waals surface area contributed by atoms with E-state index in [1.807, 2.05) is 6.07 Å². The molecule has 3 N–H and O–H groups in total. The maximum atomic E-state index is 12.3. The van der Waals surface area contributed by atoms with Gasteiger partial charge in [0.1, 0.15) is 6.04 Å². The van der Waals surface area contributed by atoms with Crippen LogP contribution >= 0.6 is 0 Å². The van der Waals surface area contributed by atoms with Gasteiger partial charge in [0.05, 0.1) is 11.1 Å². The summed E-state index contributed by atoms with van der Waals surface area (Å²) in [4.78, 5) is 27.7. The Labute approximate surface area is 121 Å². The third-order valence-corrected chi connectivity index (χ3v) is 3.11. The average molecular weight is 288 g/mol. The number of carboxylic acid groups (broad SMARTS) is 1. The third-order valence-electron chi connectivity index (χ3n) is 3.11. The maximum absolute atomic E-state index is 12.3. The fourth-order valence-electron chi connectivity index (χ4n) is 2.12. The first kappa shape index (κ1) is 14.9. The Morgan fingerprint density at radius 1 is 1.33 bits per heavy atom. The Morgan fingerprint density at radius 2 is 2.05 bits per heavy atom. The number of aryl methyl sites for hydroxylation is 1. The number of hydrogen-bond acceptors (Lipinski definition) is 4. The molecule has 0 aliphatic heterocycles. The van der Waals surface area contributed by atoms with Crippen molar-refractivity contribution in [1.29, 1.82) is 0 Å². The zero-order chi connectivity index (χ0) is 15.4. The van der Waals surface area contributed by atoms with Crippen LogP contribution in [-0.2, 0) is 4.79 Å². The van der Waals surface area contributed by atoms with Crippen LogP contribution in [0.3, 0.4) is 0 Å². The van der Waals surface area contributed by atoms with Crippen molar-refractivity contribution in [2.24, 2.45) is 0 Å². The number of aliphatic hydroxyl groups excluding tert-OH is 1. The number of aliphatic hydroxyl groups is 1. The number of aliphatic carboxylic acids is 1. The lowest BCUT2D eigenvalue weighted by molar-refractivity contribution is -0.139. The Kier molecular flexibility index (Phi) is 4.49. The van der Waals surface area contributed by atoms with E-state index in [2.05, 4.69) is 10.3 Å². The zero-order valence-corrected chi connectivity index (χ0v) is 11.5. The number of hydrogen-bond donors (Lipinski definition) is 3. The summed E-state index contributed by atoms with van der Waals surface area (Å²) in [5.41, 5.74) is 1.73. The highest BCUT2D eigenvalue weighted by Crippen LogP contribution is 2.18. The molecule has 0 aliphatic carbocycles. The fraction of sp³-hybridized carbons (Fsp3) is 0.267. The molecule has 2 rings (SSSR count). The van der Waals surface area contributed by atoms with Crippen LogP contribution in [0, 0.1) is 6.92 Å². The standard InChI is InChI=1S/C15H16N2O4/c1-9-8-11(10-4-2-3-5-12(10)16-9)14(19)17-13(6-7-18)15(20)21/h2-5,8,13,18H,6-7H2,1H3,(H,17,19)(H,20,21)/t13-/m1/s1. The van der Waals surface area contributed by atoms with Gasteiger partial charge < -0.3 is 15.5 Å². The summed E-state index contributed by atoms with van der Waals surface area (Å²) in [5, 5.41) is 21.0. The largest absolute Gasteiger partial charge is 0.480 e. The molecular formula is C15H16N2O4. The van der Waals surface area contributed by atoms with Gasteiger partial charge in [-0.2, -0.15) is 0 Å². The van der Waals surface area contributed by atoms with E-state index >= 15 is 0 Å². The maximum Gasteiger partial charge on any atom is 0.326 e. The molecule has 21 heavy (non-hydrogen) atoms. The molecule has 6 nitrogen and oxygen atoms in total. The number of carbonyl (C=O) groups excluding carboxylic acids is 1. The van der Waals surface area contributed by atoms with Gasteiger partial charge in [0.15, 0.2) is 0 Å². The second-order valence-corrected chi connectivity index (χ2v) is 4.70. The first-order valence-electron chi connectivity index (χ1n) is 6.54. The summed E-state index contributed by atoms with van der Waals surface area (Å²) in [6.45, 7) is 1.46. The number of amides is 1. The molecule has 0 unspecified atom stereocenters. The van der Waals surface area contributed by atoms with E-state index in [4.69, 9.17) is 10.2 Å². The lowest BCUT2D eigenvalue weighted by atomic mass is 10.1. The van der Waals surface area contributed by atoms with E-state index in [1.54, 1.807) is 31.2 Å². The monoisotopic (exact) mass is 288 g/mol. The molecule has 0 saturated carbocycles. The van der Waals surface area contributed by atoms with Crippen LogP contribution < -0.4 is 5.32 Å². The number of para-hydroxylation sites is 1. The van der Waals surface area contributed by atoms with Crippen molar-refractivity contribution in [3.8, 4) is 0 Å². The van der Waals surface area contributed by atoms with Gasteiger partial charge in [-0.15, -0.1) is 0 Å². The van der Waals surface area contributed by atoms with E-state index in [0.29, 0.717) is 22.2 Å². The lowest BCUT2D eigenvalue weighted by Gasteiger charge is -2.14. The lowest BCUT2D eigenvalue weighted by Crippen LogP contribution is -2.41. The predicted octanol–water partition coefficient (Wildman–Crippen LogP) is 1.11. The van der Waals surface area contributed by atoms with Gasteiger partial charge in [0.2, 0.25) is 0 Å². The number of rotatable bonds is 5. The Bertz CT molecular complexity index is 684. The number of benzene rings is 1. The van der Waals surface area contributed by atoms with Gasteiger partial charge in [-0.3, -0.25) is 9.78 Å². The second-order valence-electron chi connectivity index (χ2n) is 4.70. The minimum absolute atomic E-state index is 0.0386. The molecule has 1 aromatic carbocycles. The molecule has 1 aromatic heterocycles. The minimum Gasteiger partial charge on any atom is -0.480 e. The molecule has 1 atom stereocenters. The minimum atomic E-state index is -1.17. The molecule has 0 bridgehead atoms. The van der Waals surface area contributed by atoms with E-state index in [0.717, 1.165) is 0 Å². The first-order chi connectivity index (χ1) is 10.0. The molecule has 6 heteroatoms. The number of nitrogens with zero attached hydrogens (tertiary/aromatic N) is 1. The van der Waals surface area contributed by atoms with E-state index in [1.165, 1.54) is 0 Å². The molecular weight excluding hydrogens is 272 g/mol. The van der Waals surface area contributed by atoms with Crippen LogP contribution in [0.4, 0.5) is 0 Å². The third kappa shape index (κ3) is 3.35. The van der Waals surface area contributed by atoms with Gasteiger partial charge in [0, 0.05) is 24.1 Å². The van der Waals surface area contributed by atoms with Crippen molar-refractivity contribution in [1.82, 2.24) is 10.3 Å². The van der Waals surface area contributed by atoms with Gasteiger partial charge >= 0.3 is 5.97 Å². The zero-order valence-electron chi connectivity index (χ0n) is 11.5. The Morgan fingerprint density at radius 3 is 2.71 bits per heavy atom. The quantitative estimate of drug-likeness (QED) is 0.765. The van der Waals surface area contributed by atoms with Crippen molar-refractivity contribution in [2.75, 3.05) is 6.61 Å². The molecule has 1 amide bonds. The summed E-state index contributed by atoms with van der Waals surface area (Å²) in [6, 6.07) is 7.67. The van der Waals surface area contributed by atoms with Crippen molar-refractivity contribution < 1.29 is 19.8 Å². The molecule has 0 aliphatic rings. The fourth-order valence-corrected chi connectivity index (χ4v) is 2.12. The molecule has 110 valence electrons. The van der Waals surface area contributed by atoms with E-state index in [9.17, 15) is 9.59 Å². The molecule has 0 saturated heterocycles. The van der Waals surface area contributed by atoms with Crippen molar-refractivity contribution in [3.05, 3.63) is 41.6 Å². The molecule has 0 radical (unpaired) electrons. The normalized spacial score (nSPS) is 12.1. The average Bonchev–Trinajstić information content (AvgIpc) is 2.45. The summed E-state index contributed by atoms with van der Waals surface area (Å²) >= 11 is 0. The first-order valence-corrected chi connectivity index (χ1v) is 6.54.